The average molecular weight is 218 g/mol. The van der Waals surface area contributed by atoms with E-state index in [1.54, 1.807) is 0 Å². The van der Waals surface area contributed by atoms with Crippen LogP contribution >= 0.6 is 0 Å². The Morgan fingerprint density at radius 1 is 0.750 bits per heavy atom. The second-order valence-corrected chi connectivity index (χ2v) is 5.02. The average Bonchev–Trinajstić information content (AvgIpc) is 3.13. The third kappa shape index (κ3) is 2.01. The minimum absolute atomic E-state index is 0.414. The van der Waals surface area contributed by atoms with Gasteiger partial charge in [0.15, 0.2) is 0 Å². The summed E-state index contributed by atoms with van der Waals surface area (Å²) in [7, 11) is 0. The Bertz CT molecular complexity index is 381. The normalized spacial score (nSPS) is 22.2. The van der Waals surface area contributed by atoms with Gasteiger partial charge in [-0.25, -0.2) is 4.98 Å². The Morgan fingerprint density at radius 2 is 1.31 bits per heavy atom. The summed E-state index contributed by atoms with van der Waals surface area (Å²) in [6, 6.07) is 0. The van der Waals surface area contributed by atoms with Gasteiger partial charge in [-0.3, -0.25) is 0 Å². The van der Waals surface area contributed by atoms with Gasteiger partial charge in [0, 0.05) is 11.8 Å². The molecule has 2 aliphatic carbocycles. The smallest absolute Gasteiger partial charge is 0.223 e. The van der Waals surface area contributed by atoms with Crippen LogP contribution in [-0.2, 0) is 0 Å². The van der Waals surface area contributed by atoms with Crippen LogP contribution in [0.3, 0.4) is 0 Å². The third-order valence-corrected chi connectivity index (χ3v) is 3.60. The second-order valence-electron chi connectivity index (χ2n) is 5.02. The topological polar surface area (TPSA) is 64.7 Å². The molecule has 1 heterocycles. The fourth-order valence-corrected chi connectivity index (χ4v) is 2.49. The Hall–Kier alpha value is -1.19. The molecule has 16 heavy (non-hydrogen) atoms. The number of aromatic nitrogens is 3. The van der Waals surface area contributed by atoms with Crippen molar-refractivity contribution in [2.45, 2.75) is 56.8 Å². The molecule has 1 aromatic rings. The van der Waals surface area contributed by atoms with E-state index >= 15 is 0 Å². The molecule has 0 spiro atoms. The molecule has 2 fully saturated rings. The van der Waals surface area contributed by atoms with E-state index in [0.717, 1.165) is 11.6 Å². The highest BCUT2D eigenvalue weighted by Crippen LogP contribution is 2.39. The molecule has 86 valence electrons. The maximum absolute atomic E-state index is 5.77. The van der Waals surface area contributed by atoms with Gasteiger partial charge < -0.3 is 5.73 Å². The molecule has 4 heteroatoms. The number of rotatable bonds is 2. The van der Waals surface area contributed by atoms with Crippen molar-refractivity contribution in [3.63, 3.8) is 0 Å². The van der Waals surface area contributed by atoms with Crippen LogP contribution in [0.2, 0.25) is 0 Å². The van der Waals surface area contributed by atoms with Gasteiger partial charge in [0.2, 0.25) is 5.95 Å². The van der Waals surface area contributed by atoms with E-state index in [2.05, 4.69) is 15.0 Å². The van der Waals surface area contributed by atoms with Crippen molar-refractivity contribution in [1.29, 1.82) is 0 Å². The van der Waals surface area contributed by atoms with E-state index in [9.17, 15) is 0 Å². The molecule has 1 aromatic heterocycles. The molecule has 0 radical (unpaired) electrons. The molecular formula is C12H18N4. The third-order valence-electron chi connectivity index (χ3n) is 3.60. The Morgan fingerprint density at radius 3 is 1.88 bits per heavy atom. The predicted octanol–water partition coefficient (Wildman–Crippen LogP) is 2.38. The van der Waals surface area contributed by atoms with Gasteiger partial charge in [-0.15, -0.1) is 0 Å². The number of anilines is 1. The van der Waals surface area contributed by atoms with E-state index < -0.39 is 0 Å². The summed E-state index contributed by atoms with van der Waals surface area (Å²) in [5.41, 5.74) is 5.77. The molecule has 2 saturated carbocycles. The van der Waals surface area contributed by atoms with Gasteiger partial charge >= 0.3 is 0 Å². The minimum Gasteiger partial charge on any atom is -0.368 e. The molecule has 0 aromatic carbocycles. The van der Waals surface area contributed by atoms with E-state index in [1.165, 1.54) is 44.9 Å². The van der Waals surface area contributed by atoms with Crippen molar-refractivity contribution in [3.8, 4) is 0 Å². The zero-order chi connectivity index (χ0) is 11.0. The first-order valence-electron chi connectivity index (χ1n) is 6.34. The first-order chi connectivity index (χ1) is 7.83. The van der Waals surface area contributed by atoms with Crippen LogP contribution in [0.4, 0.5) is 5.95 Å². The molecule has 3 rings (SSSR count). The number of nitrogens with two attached hydrogens (primary N) is 1. The van der Waals surface area contributed by atoms with Gasteiger partial charge in [-0.2, -0.15) is 9.97 Å². The van der Waals surface area contributed by atoms with Gasteiger partial charge in [0.1, 0.15) is 11.6 Å². The maximum atomic E-state index is 5.77. The Kier molecular flexibility index (Phi) is 2.50. The van der Waals surface area contributed by atoms with Crippen LogP contribution < -0.4 is 5.73 Å². The summed E-state index contributed by atoms with van der Waals surface area (Å²) in [5.74, 6) is 3.39. The van der Waals surface area contributed by atoms with Gasteiger partial charge in [-0.1, -0.05) is 19.3 Å². The minimum atomic E-state index is 0.414. The van der Waals surface area contributed by atoms with Crippen LogP contribution in [0, 0.1) is 0 Å². The molecule has 0 aliphatic heterocycles. The van der Waals surface area contributed by atoms with Crippen LogP contribution in [-0.4, -0.2) is 15.0 Å². The van der Waals surface area contributed by atoms with Crippen molar-refractivity contribution in [3.05, 3.63) is 11.6 Å². The Labute approximate surface area is 95.7 Å². The van der Waals surface area contributed by atoms with Gasteiger partial charge in [-0.05, 0) is 25.7 Å². The number of nitrogen functional groups attached to an aromatic ring is 1. The summed E-state index contributed by atoms with van der Waals surface area (Å²) >= 11 is 0. The van der Waals surface area contributed by atoms with Gasteiger partial charge in [0.25, 0.3) is 0 Å². The standard InChI is InChI=1S/C12H18N4/c13-12-15-10(8-4-2-1-3-5-8)14-11(16-12)9-6-7-9/h8-9H,1-7H2,(H2,13,14,15,16). The van der Waals surface area contributed by atoms with Crippen LogP contribution in [0.15, 0.2) is 0 Å². The van der Waals surface area contributed by atoms with E-state index in [1.807, 2.05) is 0 Å². The molecule has 2 aliphatic rings. The fourth-order valence-electron chi connectivity index (χ4n) is 2.49. The van der Waals surface area contributed by atoms with Crippen molar-refractivity contribution in [1.82, 2.24) is 15.0 Å². The summed E-state index contributed by atoms with van der Waals surface area (Å²) in [5, 5.41) is 0. The summed E-state index contributed by atoms with van der Waals surface area (Å²) < 4.78 is 0. The van der Waals surface area contributed by atoms with Crippen LogP contribution in [0.25, 0.3) is 0 Å². The van der Waals surface area contributed by atoms with E-state index in [-0.39, 0.29) is 0 Å². The first-order valence-corrected chi connectivity index (χ1v) is 6.34. The highest BCUT2D eigenvalue weighted by molar-refractivity contribution is 5.21. The lowest BCUT2D eigenvalue weighted by molar-refractivity contribution is 0.427. The molecule has 0 bridgehead atoms. The quantitative estimate of drug-likeness (QED) is 0.827. The van der Waals surface area contributed by atoms with Crippen molar-refractivity contribution in [2.75, 3.05) is 5.73 Å². The summed E-state index contributed by atoms with van der Waals surface area (Å²) in [6.45, 7) is 0. The zero-order valence-electron chi connectivity index (χ0n) is 9.52. The lowest BCUT2D eigenvalue weighted by Crippen LogP contribution is -2.13. The fraction of sp³-hybridized carbons (Fsp3) is 0.750. The highest BCUT2D eigenvalue weighted by Gasteiger charge is 2.28. The highest BCUT2D eigenvalue weighted by atomic mass is 15.1. The lowest BCUT2D eigenvalue weighted by atomic mass is 9.89. The molecule has 0 atom stereocenters. The van der Waals surface area contributed by atoms with E-state index in [4.69, 9.17) is 5.73 Å². The first kappa shape index (κ1) is 10.00. The molecule has 0 amide bonds. The van der Waals surface area contributed by atoms with Crippen molar-refractivity contribution < 1.29 is 0 Å². The van der Waals surface area contributed by atoms with E-state index in [0.29, 0.717) is 17.8 Å². The monoisotopic (exact) mass is 218 g/mol. The predicted molar refractivity (Wildman–Crippen MR) is 62.0 cm³/mol. The van der Waals surface area contributed by atoms with Gasteiger partial charge in [0.05, 0.1) is 0 Å². The zero-order valence-corrected chi connectivity index (χ0v) is 9.52. The second kappa shape index (κ2) is 4.00. The molecule has 0 saturated heterocycles. The van der Waals surface area contributed by atoms with Crippen molar-refractivity contribution >= 4 is 5.95 Å². The SMILES string of the molecule is Nc1nc(C2CCCCC2)nc(C2CC2)n1. The summed E-state index contributed by atoms with van der Waals surface area (Å²) in [6.07, 6.45) is 8.82. The molecular weight excluding hydrogens is 200 g/mol. The van der Waals surface area contributed by atoms with Crippen molar-refractivity contribution in [2.24, 2.45) is 0 Å². The molecule has 4 nitrogen and oxygen atoms in total. The largest absolute Gasteiger partial charge is 0.368 e. The molecule has 2 N–H and O–H groups in total. The maximum Gasteiger partial charge on any atom is 0.223 e. The number of hydrogen-bond donors (Lipinski definition) is 1. The number of hydrogen-bond acceptors (Lipinski definition) is 4. The van der Waals surface area contributed by atoms with Crippen LogP contribution in [0.5, 0.6) is 0 Å². The van der Waals surface area contributed by atoms with Crippen LogP contribution in [0.1, 0.15) is 68.4 Å². The lowest BCUT2D eigenvalue weighted by Gasteiger charge is -2.20. The summed E-state index contributed by atoms with van der Waals surface area (Å²) in [4.78, 5) is 13.2. The molecule has 0 unspecified atom stereocenters. The number of nitrogens with zero attached hydrogens (tertiary/aromatic N) is 3. The Balaban J connectivity index is 1.86.